The second-order valence-corrected chi connectivity index (χ2v) is 6.35. The van der Waals surface area contributed by atoms with Crippen molar-refractivity contribution >= 4 is 39.8 Å². The highest BCUT2D eigenvalue weighted by atomic mass is 32.2. The number of pyridine rings is 1. The standard InChI is InChI=1S/C14H13N3S2/c1-9-7-18-14(16-9)19-8-11-6-10-4-2-3-5-12(10)17-13(11)15/h2-7H,8H2,1H3,(H2,15,17). The van der Waals surface area contributed by atoms with E-state index in [4.69, 9.17) is 5.73 Å². The lowest BCUT2D eigenvalue weighted by Gasteiger charge is -2.05. The Hall–Kier alpha value is -1.59. The van der Waals surface area contributed by atoms with E-state index in [9.17, 15) is 0 Å². The molecule has 0 unspecified atom stereocenters. The van der Waals surface area contributed by atoms with Crippen molar-refractivity contribution in [3.63, 3.8) is 0 Å². The summed E-state index contributed by atoms with van der Waals surface area (Å²) in [5.41, 5.74) is 9.09. The minimum absolute atomic E-state index is 0.611. The Morgan fingerprint density at radius 1 is 1.26 bits per heavy atom. The van der Waals surface area contributed by atoms with Gasteiger partial charge in [0.05, 0.1) is 5.52 Å². The lowest BCUT2D eigenvalue weighted by atomic mass is 10.1. The molecule has 0 atom stereocenters. The van der Waals surface area contributed by atoms with Crippen LogP contribution >= 0.6 is 23.1 Å². The monoisotopic (exact) mass is 287 g/mol. The minimum Gasteiger partial charge on any atom is -0.383 e. The van der Waals surface area contributed by atoms with Gasteiger partial charge in [-0.15, -0.1) is 11.3 Å². The van der Waals surface area contributed by atoms with Gasteiger partial charge in [-0.05, 0) is 19.1 Å². The fraction of sp³-hybridized carbons (Fsp3) is 0.143. The summed E-state index contributed by atoms with van der Waals surface area (Å²) in [4.78, 5) is 8.88. The molecule has 3 aromatic rings. The minimum atomic E-state index is 0.611. The van der Waals surface area contributed by atoms with Crippen molar-refractivity contribution in [2.24, 2.45) is 0 Å². The van der Waals surface area contributed by atoms with Crippen LogP contribution in [-0.4, -0.2) is 9.97 Å². The van der Waals surface area contributed by atoms with E-state index in [0.29, 0.717) is 5.82 Å². The van der Waals surface area contributed by atoms with Gasteiger partial charge in [0.25, 0.3) is 0 Å². The smallest absolute Gasteiger partial charge is 0.150 e. The van der Waals surface area contributed by atoms with Gasteiger partial charge in [-0.3, -0.25) is 0 Å². The maximum atomic E-state index is 6.01. The van der Waals surface area contributed by atoms with E-state index in [2.05, 4.69) is 27.5 Å². The van der Waals surface area contributed by atoms with Crippen LogP contribution in [0.4, 0.5) is 5.82 Å². The van der Waals surface area contributed by atoms with E-state index in [0.717, 1.165) is 32.3 Å². The number of para-hydroxylation sites is 1. The fourth-order valence-electron chi connectivity index (χ4n) is 1.83. The van der Waals surface area contributed by atoms with E-state index in [1.165, 1.54) is 0 Å². The zero-order chi connectivity index (χ0) is 13.2. The molecule has 0 aliphatic carbocycles. The van der Waals surface area contributed by atoms with Crippen LogP contribution in [0, 0.1) is 6.92 Å². The molecule has 0 aliphatic rings. The van der Waals surface area contributed by atoms with E-state index >= 15 is 0 Å². The molecule has 1 aromatic carbocycles. The molecular formula is C14H13N3S2. The zero-order valence-corrected chi connectivity index (χ0v) is 12.1. The number of rotatable bonds is 3. The van der Waals surface area contributed by atoms with Gasteiger partial charge in [-0.25, -0.2) is 9.97 Å². The molecule has 2 N–H and O–H groups in total. The number of thioether (sulfide) groups is 1. The molecule has 0 saturated carbocycles. The molecule has 3 rings (SSSR count). The number of nitrogens with zero attached hydrogens (tertiary/aromatic N) is 2. The zero-order valence-electron chi connectivity index (χ0n) is 10.5. The van der Waals surface area contributed by atoms with Gasteiger partial charge < -0.3 is 5.73 Å². The Balaban J connectivity index is 1.86. The Bertz CT molecular complexity index is 722. The van der Waals surface area contributed by atoms with Gasteiger partial charge >= 0.3 is 0 Å². The largest absolute Gasteiger partial charge is 0.383 e. The fourth-order valence-corrected chi connectivity index (χ4v) is 3.66. The molecule has 5 heteroatoms. The first-order valence-electron chi connectivity index (χ1n) is 5.91. The first-order valence-corrected chi connectivity index (χ1v) is 7.78. The van der Waals surface area contributed by atoms with Gasteiger partial charge in [0, 0.05) is 27.8 Å². The highest BCUT2D eigenvalue weighted by Gasteiger charge is 2.06. The Morgan fingerprint density at radius 2 is 2.11 bits per heavy atom. The highest BCUT2D eigenvalue weighted by Crippen LogP contribution is 2.29. The van der Waals surface area contributed by atoms with Crippen molar-refractivity contribution in [1.82, 2.24) is 9.97 Å². The molecule has 0 bridgehead atoms. The summed E-state index contributed by atoms with van der Waals surface area (Å²) in [6.07, 6.45) is 0. The van der Waals surface area contributed by atoms with Crippen molar-refractivity contribution in [2.75, 3.05) is 5.73 Å². The quantitative estimate of drug-likeness (QED) is 0.743. The molecule has 0 saturated heterocycles. The molecule has 2 aromatic heterocycles. The summed E-state index contributed by atoms with van der Waals surface area (Å²) in [6.45, 7) is 2.01. The molecule has 3 nitrogen and oxygen atoms in total. The van der Waals surface area contributed by atoms with Crippen LogP contribution in [0.2, 0.25) is 0 Å². The number of nitrogens with two attached hydrogens (primary N) is 1. The second-order valence-electron chi connectivity index (χ2n) is 4.27. The molecule has 2 heterocycles. The summed E-state index contributed by atoms with van der Waals surface area (Å²) in [6, 6.07) is 10.1. The summed E-state index contributed by atoms with van der Waals surface area (Å²) in [7, 11) is 0. The Morgan fingerprint density at radius 3 is 2.89 bits per heavy atom. The molecule has 0 radical (unpaired) electrons. The van der Waals surface area contributed by atoms with Crippen LogP contribution in [0.25, 0.3) is 10.9 Å². The van der Waals surface area contributed by atoms with Crippen molar-refractivity contribution in [1.29, 1.82) is 0 Å². The third-order valence-corrected chi connectivity index (χ3v) is 4.97. The number of benzene rings is 1. The summed E-state index contributed by atoms with van der Waals surface area (Å²) >= 11 is 3.37. The van der Waals surface area contributed by atoms with Crippen molar-refractivity contribution in [3.8, 4) is 0 Å². The van der Waals surface area contributed by atoms with Gasteiger partial charge in [0.1, 0.15) is 10.2 Å². The summed E-state index contributed by atoms with van der Waals surface area (Å²) in [5.74, 6) is 1.41. The molecule has 0 spiro atoms. The molecule has 0 fully saturated rings. The molecule has 0 amide bonds. The number of fused-ring (bicyclic) bond motifs is 1. The van der Waals surface area contributed by atoms with Crippen molar-refractivity contribution in [3.05, 3.63) is 47.0 Å². The van der Waals surface area contributed by atoms with E-state index < -0.39 is 0 Å². The normalized spacial score (nSPS) is 11.0. The second kappa shape index (κ2) is 5.19. The Labute approximate surface area is 119 Å². The van der Waals surface area contributed by atoms with E-state index in [1.54, 1.807) is 23.1 Å². The lowest BCUT2D eigenvalue weighted by molar-refractivity contribution is 1.16. The first kappa shape index (κ1) is 12.4. The van der Waals surface area contributed by atoms with E-state index in [1.807, 2.05) is 25.1 Å². The van der Waals surface area contributed by atoms with Crippen LogP contribution in [0.15, 0.2) is 40.1 Å². The van der Waals surface area contributed by atoms with Crippen LogP contribution < -0.4 is 5.73 Å². The van der Waals surface area contributed by atoms with Crippen LogP contribution in [0.3, 0.4) is 0 Å². The number of thiazole rings is 1. The maximum Gasteiger partial charge on any atom is 0.150 e. The van der Waals surface area contributed by atoms with Crippen LogP contribution in [0.5, 0.6) is 0 Å². The molecular weight excluding hydrogens is 274 g/mol. The summed E-state index contributed by atoms with van der Waals surface area (Å²) in [5, 5.41) is 3.19. The lowest BCUT2D eigenvalue weighted by Crippen LogP contribution is -1.97. The third-order valence-electron chi connectivity index (χ3n) is 2.79. The van der Waals surface area contributed by atoms with Crippen LogP contribution in [0.1, 0.15) is 11.3 Å². The van der Waals surface area contributed by atoms with Crippen molar-refractivity contribution in [2.45, 2.75) is 17.0 Å². The van der Waals surface area contributed by atoms with Crippen molar-refractivity contribution < 1.29 is 0 Å². The van der Waals surface area contributed by atoms with E-state index in [-0.39, 0.29) is 0 Å². The van der Waals surface area contributed by atoms with Gasteiger partial charge in [-0.1, -0.05) is 30.0 Å². The number of nitrogen functional groups attached to an aromatic ring is 1. The third kappa shape index (κ3) is 2.72. The topological polar surface area (TPSA) is 51.8 Å². The number of aromatic nitrogens is 2. The Kier molecular flexibility index (Phi) is 3.40. The number of hydrogen-bond acceptors (Lipinski definition) is 5. The van der Waals surface area contributed by atoms with Crippen LogP contribution in [-0.2, 0) is 5.75 Å². The summed E-state index contributed by atoms with van der Waals surface area (Å²) < 4.78 is 1.07. The SMILES string of the molecule is Cc1csc(SCc2cc3ccccc3nc2N)n1. The van der Waals surface area contributed by atoms with Gasteiger partial charge in [-0.2, -0.15) is 0 Å². The number of aryl methyl sites for hydroxylation is 1. The average molecular weight is 287 g/mol. The predicted molar refractivity (Wildman–Crippen MR) is 82.6 cm³/mol. The number of anilines is 1. The molecule has 0 aliphatic heterocycles. The predicted octanol–water partition coefficient (Wildman–Crippen LogP) is 3.87. The highest BCUT2D eigenvalue weighted by molar-refractivity contribution is 8.00. The molecule has 19 heavy (non-hydrogen) atoms. The maximum absolute atomic E-state index is 6.01. The average Bonchev–Trinajstić information content (AvgIpc) is 2.82. The first-order chi connectivity index (χ1) is 9.22. The van der Waals surface area contributed by atoms with Gasteiger partial charge in [0.2, 0.25) is 0 Å². The molecule has 96 valence electrons. The number of hydrogen-bond donors (Lipinski definition) is 1. The van der Waals surface area contributed by atoms with Gasteiger partial charge in [0.15, 0.2) is 0 Å².